The van der Waals surface area contributed by atoms with Crippen molar-refractivity contribution in [3.8, 4) is 0 Å². The van der Waals surface area contributed by atoms with Crippen LogP contribution in [-0.4, -0.2) is 23.8 Å². The fourth-order valence-electron chi connectivity index (χ4n) is 1.39. The van der Waals surface area contributed by atoms with Crippen molar-refractivity contribution in [2.45, 2.75) is 26.8 Å². The standard InChI is InChI=1S/C13H18N2O2/c1-4-13(17)14-12-8-6-5-7-11(12)9-15(3)10(2)16/h5-8H,4,9H2,1-3H3,(H,14,17). The maximum atomic E-state index is 11.4. The summed E-state index contributed by atoms with van der Waals surface area (Å²) in [6, 6.07) is 7.51. The lowest BCUT2D eigenvalue weighted by atomic mass is 10.1. The van der Waals surface area contributed by atoms with Gasteiger partial charge in [0.05, 0.1) is 0 Å². The number of para-hydroxylation sites is 1. The molecule has 17 heavy (non-hydrogen) atoms. The second-order valence-electron chi connectivity index (χ2n) is 3.93. The zero-order valence-electron chi connectivity index (χ0n) is 10.5. The predicted octanol–water partition coefficient (Wildman–Crippen LogP) is 2.01. The van der Waals surface area contributed by atoms with Crippen molar-refractivity contribution in [2.75, 3.05) is 12.4 Å². The largest absolute Gasteiger partial charge is 0.342 e. The lowest BCUT2D eigenvalue weighted by Gasteiger charge is -2.17. The summed E-state index contributed by atoms with van der Waals surface area (Å²) in [5.74, 6) is -0.0236. The van der Waals surface area contributed by atoms with Crippen LogP contribution >= 0.6 is 0 Å². The minimum atomic E-state index is -0.0251. The van der Waals surface area contributed by atoms with E-state index in [1.165, 1.54) is 6.92 Å². The van der Waals surface area contributed by atoms with E-state index in [2.05, 4.69) is 5.32 Å². The lowest BCUT2D eigenvalue weighted by molar-refractivity contribution is -0.128. The summed E-state index contributed by atoms with van der Waals surface area (Å²) in [5, 5.41) is 2.83. The number of hydrogen-bond acceptors (Lipinski definition) is 2. The van der Waals surface area contributed by atoms with Crippen LogP contribution in [-0.2, 0) is 16.1 Å². The molecule has 0 saturated carbocycles. The van der Waals surface area contributed by atoms with Gasteiger partial charge in [-0.25, -0.2) is 0 Å². The van der Waals surface area contributed by atoms with Crippen LogP contribution in [0.2, 0.25) is 0 Å². The minimum absolute atomic E-state index is 0.00150. The van der Waals surface area contributed by atoms with E-state index in [1.807, 2.05) is 24.3 Å². The number of hydrogen-bond donors (Lipinski definition) is 1. The molecule has 0 spiro atoms. The van der Waals surface area contributed by atoms with Gasteiger partial charge in [0.2, 0.25) is 11.8 Å². The number of amides is 2. The smallest absolute Gasteiger partial charge is 0.224 e. The first-order valence-corrected chi connectivity index (χ1v) is 5.64. The number of carbonyl (C=O) groups is 2. The molecule has 1 aromatic rings. The zero-order chi connectivity index (χ0) is 12.8. The van der Waals surface area contributed by atoms with Gasteiger partial charge in [-0.3, -0.25) is 9.59 Å². The lowest BCUT2D eigenvalue weighted by Crippen LogP contribution is -2.24. The first-order chi connectivity index (χ1) is 8.04. The molecular formula is C13H18N2O2. The van der Waals surface area contributed by atoms with Crippen LogP contribution in [0.1, 0.15) is 25.8 Å². The second-order valence-corrected chi connectivity index (χ2v) is 3.93. The van der Waals surface area contributed by atoms with Crippen molar-refractivity contribution in [1.29, 1.82) is 0 Å². The molecule has 1 aromatic carbocycles. The summed E-state index contributed by atoms with van der Waals surface area (Å²) in [6.45, 7) is 3.82. The van der Waals surface area contributed by atoms with Crippen LogP contribution in [0.3, 0.4) is 0 Å². The fourth-order valence-corrected chi connectivity index (χ4v) is 1.39. The van der Waals surface area contributed by atoms with E-state index in [0.717, 1.165) is 11.3 Å². The second kappa shape index (κ2) is 6.03. The normalized spacial score (nSPS) is 9.82. The van der Waals surface area contributed by atoms with Crippen molar-refractivity contribution < 1.29 is 9.59 Å². The summed E-state index contributed by atoms with van der Waals surface area (Å²) < 4.78 is 0. The van der Waals surface area contributed by atoms with Crippen LogP contribution in [0.4, 0.5) is 5.69 Å². The highest BCUT2D eigenvalue weighted by Crippen LogP contribution is 2.17. The Bertz CT molecular complexity index is 416. The molecule has 0 heterocycles. The van der Waals surface area contributed by atoms with Crippen molar-refractivity contribution in [2.24, 2.45) is 0 Å². The van der Waals surface area contributed by atoms with E-state index in [1.54, 1.807) is 18.9 Å². The molecule has 0 bridgehead atoms. The molecule has 0 aromatic heterocycles. The van der Waals surface area contributed by atoms with Gasteiger partial charge in [-0.15, -0.1) is 0 Å². The summed E-state index contributed by atoms with van der Waals surface area (Å²) in [5.41, 5.74) is 1.71. The van der Waals surface area contributed by atoms with E-state index in [9.17, 15) is 9.59 Å². The number of nitrogens with zero attached hydrogens (tertiary/aromatic N) is 1. The van der Waals surface area contributed by atoms with Crippen LogP contribution < -0.4 is 5.32 Å². The van der Waals surface area contributed by atoms with Gasteiger partial charge in [0.15, 0.2) is 0 Å². The molecule has 0 saturated heterocycles. The highest BCUT2D eigenvalue weighted by atomic mass is 16.2. The third kappa shape index (κ3) is 3.90. The van der Waals surface area contributed by atoms with Crippen LogP contribution in [0.15, 0.2) is 24.3 Å². The highest BCUT2D eigenvalue weighted by molar-refractivity contribution is 5.91. The molecule has 92 valence electrons. The first-order valence-electron chi connectivity index (χ1n) is 5.64. The molecule has 0 aliphatic rings. The first kappa shape index (κ1) is 13.2. The van der Waals surface area contributed by atoms with E-state index in [4.69, 9.17) is 0 Å². The molecule has 0 unspecified atom stereocenters. The summed E-state index contributed by atoms with van der Waals surface area (Å²) >= 11 is 0. The van der Waals surface area contributed by atoms with E-state index < -0.39 is 0 Å². The van der Waals surface area contributed by atoms with Crippen molar-refractivity contribution in [1.82, 2.24) is 4.90 Å². The molecule has 0 aliphatic carbocycles. The van der Waals surface area contributed by atoms with E-state index in [0.29, 0.717) is 13.0 Å². The maximum absolute atomic E-state index is 11.4. The topological polar surface area (TPSA) is 49.4 Å². The van der Waals surface area contributed by atoms with E-state index >= 15 is 0 Å². The number of carbonyl (C=O) groups excluding carboxylic acids is 2. The SMILES string of the molecule is CCC(=O)Nc1ccccc1CN(C)C(C)=O. The molecule has 0 aliphatic heterocycles. The monoisotopic (exact) mass is 234 g/mol. The summed E-state index contributed by atoms with van der Waals surface area (Å²) in [7, 11) is 1.74. The zero-order valence-corrected chi connectivity index (χ0v) is 10.5. The van der Waals surface area contributed by atoms with E-state index in [-0.39, 0.29) is 11.8 Å². The highest BCUT2D eigenvalue weighted by Gasteiger charge is 2.08. The third-order valence-electron chi connectivity index (χ3n) is 2.56. The molecule has 2 amide bonds. The number of benzene rings is 1. The molecule has 0 atom stereocenters. The molecule has 4 heteroatoms. The summed E-state index contributed by atoms with van der Waals surface area (Å²) in [4.78, 5) is 24.1. The van der Waals surface area contributed by atoms with Crippen molar-refractivity contribution in [3.63, 3.8) is 0 Å². The van der Waals surface area contributed by atoms with Gasteiger partial charge in [0.1, 0.15) is 0 Å². The Morgan fingerprint density at radius 1 is 1.29 bits per heavy atom. The van der Waals surface area contributed by atoms with Gasteiger partial charge >= 0.3 is 0 Å². The van der Waals surface area contributed by atoms with Crippen LogP contribution in [0, 0.1) is 0 Å². The molecule has 1 N–H and O–H groups in total. The van der Waals surface area contributed by atoms with Crippen molar-refractivity contribution >= 4 is 17.5 Å². The van der Waals surface area contributed by atoms with Crippen LogP contribution in [0.5, 0.6) is 0 Å². The average Bonchev–Trinajstić information content (AvgIpc) is 2.31. The van der Waals surface area contributed by atoms with Crippen LogP contribution in [0.25, 0.3) is 0 Å². The van der Waals surface area contributed by atoms with Gasteiger partial charge in [0.25, 0.3) is 0 Å². The Morgan fingerprint density at radius 2 is 1.94 bits per heavy atom. The molecular weight excluding hydrogens is 216 g/mol. The predicted molar refractivity (Wildman–Crippen MR) is 67.5 cm³/mol. The van der Waals surface area contributed by atoms with Gasteiger partial charge in [-0.2, -0.15) is 0 Å². The van der Waals surface area contributed by atoms with Gasteiger partial charge in [0, 0.05) is 32.6 Å². The molecule has 4 nitrogen and oxygen atoms in total. The number of rotatable bonds is 4. The van der Waals surface area contributed by atoms with Gasteiger partial charge < -0.3 is 10.2 Å². The van der Waals surface area contributed by atoms with Gasteiger partial charge in [-0.05, 0) is 11.6 Å². The van der Waals surface area contributed by atoms with Gasteiger partial charge in [-0.1, -0.05) is 25.1 Å². The minimum Gasteiger partial charge on any atom is -0.342 e. The molecule has 0 radical (unpaired) electrons. The average molecular weight is 234 g/mol. The Morgan fingerprint density at radius 3 is 2.53 bits per heavy atom. The number of anilines is 1. The Balaban J connectivity index is 2.84. The quantitative estimate of drug-likeness (QED) is 0.866. The third-order valence-corrected chi connectivity index (χ3v) is 2.56. The summed E-state index contributed by atoms with van der Waals surface area (Å²) in [6.07, 6.45) is 0.441. The maximum Gasteiger partial charge on any atom is 0.224 e. The Kier molecular flexibility index (Phi) is 4.69. The fraction of sp³-hybridized carbons (Fsp3) is 0.385. The number of nitrogens with one attached hydrogen (secondary N) is 1. The molecule has 1 rings (SSSR count). The Labute approximate surface area is 102 Å². The Hall–Kier alpha value is -1.84. The van der Waals surface area contributed by atoms with Crippen molar-refractivity contribution in [3.05, 3.63) is 29.8 Å². The molecule has 0 fully saturated rings.